The third-order valence-corrected chi connectivity index (χ3v) is 4.05. The third-order valence-electron chi connectivity index (χ3n) is 2.54. The molecule has 2 aromatic rings. The lowest BCUT2D eigenvalue weighted by Crippen LogP contribution is -1.99. The van der Waals surface area contributed by atoms with E-state index in [1.807, 2.05) is 48.5 Å². The summed E-state index contributed by atoms with van der Waals surface area (Å²) in [5, 5.41) is 8.96. The van der Waals surface area contributed by atoms with Gasteiger partial charge in [0.15, 0.2) is 0 Å². The third kappa shape index (κ3) is 4.90. The number of ether oxygens (including phenoxy) is 1. The van der Waals surface area contributed by atoms with E-state index in [2.05, 4.69) is 15.9 Å². The molecule has 100 valence electrons. The molecule has 2 rings (SSSR count). The van der Waals surface area contributed by atoms with Gasteiger partial charge in [-0.25, -0.2) is 0 Å². The minimum atomic E-state index is 0.0949. The molecule has 0 atom stereocenters. The van der Waals surface area contributed by atoms with Crippen molar-refractivity contribution in [1.82, 2.24) is 0 Å². The number of aliphatic hydroxyl groups is 1. The van der Waals surface area contributed by atoms with Crippen molar-refractivity contribution in [2.75, 3.05) is 12.4 Å². The van der Waals surface area contributed by atoms with E-state index in [0.29, 0.717) is 6.61 Å². The first-order valence-electron chi connectivity index (χ1n) is 5.99. The fourth-order valence-electron chi connectivity index (χ4n) is 1.54. The predicted molar refractivity (Wildman–Crippen MR) is 82.7 cm³/mol. The fourth-order valence-corrected chi connectivity index (χ4v) is 2.54. The van der Waals surface area contributed by atoms with E-state index in [0.717, 1.165) is 21.5 Å². The largest absolute Gasteiger partial charge is 0.493 e. The average Bonchev–Trinajstić information content (AvgIpc) is 2.46. The van der Waals surface area contributed by atoms with E-state index in [4.69, 9.17) is 9.84 Å². The highest BCUT2D eigenvalue weighted by molar-refractivity contribution is 9.10. The molecule has 19 heavy (non-hydrogen) atoms. The molecule has 0 spiro atoms. The van der Waals surface area contributed by atoms with Crippen molar-refractivity contribution in [2.24, 2.45) is 0 Å². The van der Waals surface area contributed by atoms with Crippen LogP contribution < -0.4 is 4.74 Å². The van der Waals surface area contributed by atoms with Crippen LogP contribution in [0.2, 0.25) is 0 Å². The van der Waals surface area contributed by atoms with Crippen LogP contribution in [0.5, 0.6) is 5.75 Å². The number of thioether (sulfide) groups is 1. The van der Waals surface area contributed by atoms with Crippen LogP contribution in [0.3, 0.4) is 0 Å². The Bertz CT molecular complexity index is 497. The van der Waals surface area contributed by atoms with Gasteiger partial charge in [0.1, 0.15) is 5.75 Å². The Morgan fingerprint density at radius 2 is 1.68 bits per heavy atom. The molecule has 2 nitrogen and oxygen atoms in total. The van der Waals surface area contributed by atoms with Gasteiger partial charge in [-0.15, -0.1) is 11.8 Å². The van der Waals surface area contributed by atoms with Gasteiger partial charge in [0.2, 0.25) is 0 Å². The first kappa shape index (κ1) is 14.4. The lowest BCUT2D eigenvalue weighted by molar-refractivity contribution is 0.282. The summed E-state index contributed by atoms with van der Waals surface area (Å²) < 4.78 is 6.70. The van der Waals surface area contributed by atoms with Crippen LogP contribution in [0, 0.1) is 0 Å². The van der Waals surface area contributed by atoms with Crippen molar-refractivity contribution in [3.8, 4) is 5.75 Å². The molecule has 0 saturated heterocycles. The van der Waals surface area contributed by atoms with E-state index in [1.54, 1.807) is 11.8 Å². The Morgan fingerprint density at radius 3 is 2.32 bits per heavy atom. The van der Waals surface area contributed by atoms with Crippen LogP contribution in [-0.2, 0) is 6.61 Å². The van der Waals surface area contributed by atoms with Crippen molar-refractivity contribution in [3.63, 3.8) is 0 Å². The molecule has 0 fully saturated rings. The summed E-state index contributed by atoms with van der Waals surface area (Å²) in [7, 11) is 0. The predicted octanol–water partition coefficient (Wildman–Crippen LogP) is 4.11. The Morgan fingerprint density at radius 1 is 1.00 bits per heavy atom. The molecule has 0 saturated carbocycles. The van der Waals surface area contributed by atoms with Crippen LogP contribution in [0.4, 0.5) is 0 Å². The van der Waals surface area contributed by atoms with Gasteiger partial charge >= 0.3 is 0 Å². The quantitative estimate of drug-likeness (QED) is 0.634. The van der Waals surface area contributed by atoms with E-state index in [-0.39, 0.29) is 6.61 Å². The molecular weight excluding hydrogens is 324 g/mol. The first-order valence-corrected chi connectivity index (χ1v) is 7.77. The van der Waals surface area contributed by atoms with Crippen LogP contribution in [0.1, 0.15) is 5.56 Å². The zero-order valence-electron chi connectivity index (χ0n) is 10.4. The molecule has 0 radical (unpaired) electrons. The summed E-state index contributed by atoms with van der Waals surface area (Å²) in [6, 6.07) is 15.8. The number of hydrogen-bond donors (Lipinski definition) is 1. The second-order valence-electron chi connectivity index (χ2n) is 3.95. The topological polar surface area (TPSA) is 29.5 Å². The molecule has 4 heteroatoms. The van der Waals surface area contributed by atoms with Gasteiger partial charge < -0.3 is 9.84 Å². The van der Waals surface area contributed by atoms with Crippen molar-refractivity contribution >= 4 is 27.7 Å². The summed E-state index contributed by atoms with van der Waals surface area (Å²) in [6.45, 7) is 0.770. The number of rotatable bonds is 6. The molecule has 0 aliphatic carbocycles. The van der Waals surface area contributed by atoms with Gasteiger partial charge in [0, 0.05) is 15.1 Å². The first-order chi connectivity index (χ1) is 9.28. The van der Waals surface area contributed by atoms with Gasteiger partial charge in [-0.05, 0) is 42.0 Å². The molecule has 0 amide bonds. The van der Waals surface area contributed by atoms with E-state index < -0.39 is 0 Å². The maximum Gasteiger partial charge on any atom is 0.119 e. The van der Waals surface area contributed by atoms with Gasteiger partial charge in [-0.3, -0.25) is 0 Å². The maximum atomic E-state index is 8.96. The van der Waals surface area contributed by atoms with E-state index in [9.17, 15) is 0 Å². The smallest absolute Gasteiger partial charge is 0.119 e. The minimum absolute atomic E-state index is 0.0949. The molecule has 0 unspecified atom stereocenters. The van der Waals surface area contributed by atoms with Gasteiger partial charge in [-0.1, -0.05) is 28.1 Å². The highest BCUT2D eigenvalue weighted by Gasteiger charge is 1.97. The zero-order chi connectivity index (χ0) is 13.5. The van der Waals surface area contributed by atoms with Crippen molar-refractivity contribution in [3.05, 3.63) is 58.6 Å². The molecule has 0 bridgehead atoms. The van der Waals surface area contributed by atoms with Gasteiger partial charge in [0.25, 0.3) is 0 Å². The van der Waals surface area contributed by atoms with E-state index >= 15 is 0 Å². The Hall–Kier alpha value is -0.970. The molecule has 0 aromatic heterocycles. The fraction of sp³-hybridized carbons (Fsp3) is 0.200. The summed E-state index contributed by atoms with van der Waals surface area (Å²) in [5.41, 5.74) is 0.940. The highest BCUT2D eigenvalue weighted by Crippen LogP contribution is 2.20. The van der Waals surface area contributed by atoms with Gasteiger partial charge in [0.05, 0.1) is 13.2 Å². The summed E-state index contributed by atoms with van der Waals surface area (Å²) in [5.74, 6) is 1.79. The van der Waals surface area contributed by atoms with E-state index in [1.165, 1.54) is 4.90 Å². The number of benzene rings is 2. The molecule has 0 aliphatic heterocycles. The zero-order valence-corrected chi connectivity index (χ0v) is 12.8. The van der Waals surface area contributed by atoms with Crippen LogP contribution >= 0.6 is 27.7 Å². The SMILES string of the molecule is OCc1ccc(SCCOc2ccc(Br)cc2)cc1. The standard InChI is InChI=1S/C15H15BrO2S/c16-13-3-5-14(6-4-13)18-9-10-19-15-7-1-12(11-17)2-8-15/h1-8,17H,9-11H2. The summed E-state index contributed by atoms with van der Waals surface area (Å²) in [6.07, 6.45) is 0. The summed E-state index contributed by atoms with van der Waals surface area (Å²) in [4.78, 5) is 1.19. The molecule has 1 N–H and O–H groups in total. The molecular formula is C15H15BrO2S. The Labute approximate surface area is 125 Å². The normalized spacial score (nSPS) is 10.4. The van der Waals surface area contributed by atoms with Crippen LogP contribution in [0.25, 0.3) is 0 Å². The maximum absolute atomic E-state index is 8.96. The van der Waals surface area contributed by atoms with Crippen LogP contribution in [0.15, 0.2) is 57.9 Å². The molecule has 0 heterocycles. The lowest BCUT2D eigenvalue weighted by atomic mass is 10.2. The Balaban J connectivity index is 1.72. The summed E-state index contributed by atoms with van der Waals surface area (Å²) >= 11 is 5.14. The van der Waals surface area contributed by atoms with Crippen molar-refractivity contribution in [2.45, 2.75) is 11.5 Å². The molecule has 0 aliphatic rings. The lowest BCUT2D eigenvalue weighted by Gasteiger charge is -2.06. The van der Waals surface area contributed by atoms with Gasteiger partial charge in [-0.2, -0.15) is 0 Å². The number of hydrogen-bond acceptors (Lipinski definition) is 3. The second-order valence-corrected chi connectivity index (χ2v) is 6.04. The highest BCUT2D eigenvalue weighted by atomic mass is 79.9. The number of halogens is 1. The molecule has 2 aromatic carbocycles. The monoisotopic (exact) mass is 338 g/mol. The number of aliphatic hydroxyl groups excluding tert-OH is 1. The van der Waals surface area contributed by atoms with Crippen molar-refractivity contribution in [1.29, 1.82) is 0 Å². The second kappa shape index (κ2) is 7.58. The Kier molecular flexibility index (Phi) is 5.76. The minimum Gasteiger partial charge on any atom is -0.493 e. The van der Waals surface area contributed by atoms with Crippen molar-refractivity contribution < 1.29 is 9.84 Å². The van der Waals surface area contributed by atoms with Crippen LogP contribution in [-0.4, -0.2) is 17.5 Å². The average molecular weight is 339 g/mol.